The molecule has 19 heavy (non-hydrogen) atoms. The van der Waals surface area contributed by atoms with Crippen molar-refractivity contribution in [1.29, 1.82) is 0 Å². The lowest BCUT2D eigenvalue weighted by Gasteiger charge is -2.42. The van der Waals surface area contributed by atoms with Crippen molar-refractivity contribution in [2.45, 2.75) is 13.0 Å². The fraction of sp³-hybridized carbons (Fsp3) is 0.533. The molecule has 0 saturated carbocycles. The van der Waals surface area contributed by atoms with Gasteiger partial charge in [-0.05, 0) is 19.1 Å². The Morgan fingerprint density at radius 1 is 1.26 bits per heavy atom. The van der Waals surface area contributed by atoms with Crippen molar-refractivity contribution in [3.05, 3.63) is 35.4 Å². The second-order valence-electron chi connectivity index (χ2n) is 5.33. The first-order valence-electron chi connectivity index (χ1n) is 6.67. The van der Waals surface area contributed by atoms with Crippen molar-refractivity contribution in [1.82, 2.24) is 0 Å². The quantitative estimate of drug-likeness (QED) is 0.619. The fourth-order valence-electron chi connectivity index (χ4n) is 2.52. The molecule has 0 aliphatic carbocycles. The minimum Gasteiger partial charge on any atom is -0.465 e. The zero-order valence-electron chi connectivity index (χ0n) is 11.9. The predicted octanol–water partition coefficient (Wildman–Crippen LogP) is 2.01. The standard InChI is InChI=1S/C15H22NO3/c1-12(16(2)8-10-19-11-9-16)13-4-6-14(7-5-13)15(17)18-3/h4-7,12H,8-11H2,1-3H3/q+1. The fourth-order valence-corrected chi connectivity index (χ4v) is 2.52. The molecule has 1 aliphatic heterocycles. The van der Waals surface area contributed by atoms with Crippen molar-refractivity contribution < 1.29 is 18.8 Å². The van der Waals surface area contributed by atoms with E-state index in [2.05, 4.69) is 14.0 Å². The highest BCUT2D eigenvalue weighted by Crippen LogP contribution is 2.27. The van der Waals surface area contributed by atoms with Crippen molar-refractivity contribution in [3.8, 4) is 0 Å². The van der Waals surface area contributed by atoms with Gasteiger partial charge in [0.05, 0.1) is 32.9 Å². The van der Waals surface area contributed by atoms with Gasteiger partial charge in [0, 0.05) is 5.56 Å². The van der Waals surface area contributed by atoms with E-state index in [1.165, 1.54) is 12.7 Å². The summed E-state index contributed by atoms with van der Waals surface area (Å²) in [7, 11) is 3.67. The first-order chi connectivity index (χ1) is 9.07. The molecule has 4 heteroatoms. The molecule has 1 aromatic carbocycles. The predicted molar refractivity (Wildman–Crippen MR) is 72.9 cm³/mol. The van der Waals surface area contributed by atoms with E-state index >= 15 is 0 Å². The van der Waals surface area contributed by atoms with E-state index in [0.29, 0.717) is 11.6 Å². The number of nitrogens with zero attached hydrogens (tertiary/aromatic N) is 1. The molecule has 4 nitrogen and oxygen atoms in total. The summed E-state index contributed by atoms with van der Waals surface area (Å²) in [6.07, 6.45) is 0. The zero-order chi connectivity index (χ0) is 13.9. The molecule has 1 unspecified atom stereocenters. The van der Waals surface area contributed by atoms with Crippen molar-refractivity contribution in [2.24, 2.45) is 0 Å². The molecule has 104 valence electrons. The van der Waals surface area contributed by atoms with Gasteiger partial charge in [-0.3, -0.25) is 0 Å². The van der Waals surface area contributed by atoms with Crippen LogP contribution in [-0.2, 0) is 9.47 Å². The molecule has 1 aliphatic rings. The first-order valence-corrected chi connectivity index (χ1v) is 6.67. The van der Waals surface area contributed by atoms with Crippen LogP contribution < -0.4 is 0 Å². The Bertz CT molecular complexity index is 435. The molecule has 0 spiro atoms. The largest absolute Gasteiger partial charge is 0.465 e. The van der Waals surface area contributed by atoms with Gasteiger partial charge in [-0.1, -0.05) is 12.1 Å². The third-order valence-corrected chi connectivity index (χ3v) is 4.24. The highest BCUT2D eigenvalue weighted by molar-refractivity contribution is 5.89. The maximum Gasteiger partial charge on any atom is 0.337 e. The number of ether oxygens (including phenoxy) is 2. The summed E-state index contributed by atoms with van der Waals surface area (Å²) in [4.78, 5) is 11.4. The van der Waals surface area contributed by atoms with Crippen LogP contribution in [0.3, 0.4) is 0 Å². The van der Waals surface area contributed by atoms with Crippen LogP contribution in [0.5, 0.6) is 0 Å². The molecule has 1 saturated heterocycles. The molecule has 2 rings (SSSR count). The molecule has 1 fully saturated rings. The van der Waals surface area contributed by atoms with Crippen LogP contribution >= 0.6 is 0 Å². The van der Waals surface area contributed by atoms with Gasteiger partial charge < -0.3 is 14.0 Å². The lowest BCUT2D eigenvalue weighted by atomic mass is 10.0. The Kier molecular flexibility index (Phi) is 4.22. The van der Waals surface area contributed by atoms with E-state index in [1.807, 2.05) is 24.3 Å². The number of carbonyl (C=O) groups excluding carboxylic acids is 1. The highest BCUT2D eigenvalue weighted by atomic mass is 16.5. The van der Waals surface area contributed by atoms with Gasteiger partial charge in [-0.25, -0.2) is 4.79 Å². The maximum absolute atomic E-state index is 11.4. The van der Waals surface area contributed by atoms with Gasteiger partial charge in [0.1, 0.15) is 19.1 Å². The van der Waals surface area contributed by atoms with Crippen LogP contribution in [0.4, 0.5) is 0 Å². The summed E-state index contributed by atoms with van der Waals surface area (Å²) >= 11 is 0. The Hall–Kier alpha value is -1.39. The number of rotatable bonds is 3. The summed E-state index contributed by atoms with van der Waals surface area (Å²) in [6.45, 7) is 5.93. The number of esters is 1. The Morgan fingerprint density at radius 3 is 2.37 bits per heavy atom. The van der Waals surface area contributed by atoms with Gasteiger partial charge in [0.25, 0.3) is 0 Å². The molecule has 0 bridgehead atoms. The lowest BCUT2D eigenvalue weighted by molar-refractivity contribution is -0.944. The smallest absolute Gasteiger partial charge is 0.337 e. The molecule has 0 radical (unpaired) electrons. The number of benzene rings is 1. The SMILES string of the molecule is COC(=O)c1ccc(C(C)[N+]2(C)CCOCC2)cc1. The van der Waals surface area contributed by atoms with Crippen LogP contribution in [0, 0.1) is 0 Å². The highest BCUT2D eigenvalue weighted by Gasteiger charge is 2.32. The molecule has 1 aromatic rings. The van der Waals surface area contributed by atoms with Gasteiger partial charge in [0.2, 0.25) is 0 Å². The Balaban J connectivity index is 2.15. The number of morpholine rings is 1. The number of quaternary nitrogens is 1. The first kappa shape index (κ1) is 14.0. The molecule has 0 amide bonds. The van der Waals surface area contributed by atoms with Crippen LogP contribution in [0.1, 0.15) is 28.9 Å². The topological polar surface area (TPSA) is 35.5 Å². The molecule has 0 N–H and O–H groups in total. The lowest BCUT2D eigenvalue weighted by Crippen LogP contribution is -2.53. The maximum atomic E-state index is 11.4. The van der Waals surface area contributed by atoms with E-state index in [0.717, 1.165) is 30.8 Å². The molecule has 1 heterocycles. The summed E-state index contributed by atoms with van der Waals surface area (Å²) < 4.78 is 11.1. The number of hydrogen-bond donors (Lipinski definition) is 0. The average molecular weight is 264 g/mol. The second kappa shape index (κ2) is 5.72. The second-order valence-corrected chi connectivity index (χ2v) is 5.33. The average Bonchev–Trinajstić information content (AvgIpc) is 2.46. The third-order valence-electron chi connectivity index (χ3n) is 4.24. The normalized spacial score (nSPS) is 19.7. The summed E-state index contributed by atoms with van der Waals surface area (Å²) in [5.74, 6) is -0.286. The minimum absolute atomic E-state index is 0.286. The molecule has 1 atom stereocenters. The van der Waals surface area contributed by atoms with E-state index in [4.69, 9.17) is 9.47 Å². The van der Waals surface area contributed by atoms with E-state index in [1.54, 1.807) is 0 Å². The number of carbonyl (C=O) groups is 1. The summed E-state index contributed by atoms with van der Waals surface area (Å²) in [5.41, 5.74) is 1.85. The van der Waals surface area contributed by atoms with Gasteiger partial charge >= 0.3 is 5.97 Å². The van der Waals surface area contributed by atoms with Crippen LogP contribution in [-0.4, -0.2) is 50.9 Å². The van der Waals surface area contributed by atoms with Crippen molar-refractivity contribution in [3.63, 3.8) is 0 Å². The summed E-state index contributed by atoms with van der Waals surface area (Å²) in [5, 5.41) is 0. The molecular formula is C15H22NO3+. The van der Waals surface area contributed by atoms with E-state index in [-0.39, 0.29) is 5.97 Å². The summed E-state index contributed by atoms with van der Waals surface area (Å²) in [6, 6.07) is 8.12. The van der Waals surface area contributed by atoms with Crippen LogP contribution in [0.15, 0.2) is 24.3 Å². The molecule has 0 aromatic heterocycles. The number of hydrogen-bond acceptors (Lipinski definition) is 3. The van der Waals surface area contributed by atoms with Gasteiger partial charge in [0.15, 0.2) is 0 Å². The number of likely N-dealkylation sites (N-methyl/N-ethyl adjacent to an activating group) is 1. The Labute approximate surface area is 114 Å². The number of methoxy groups -OCH3 is 1. The van der Waals surface area contributed by atoms with Gasteiger partial charge in [-0.15, -0.1) is 0 Å². The van der Waals surface area contributed by atoms with Crippen molar-refractivity contribution in [2.75, 3.05) is 40.5 Å². The molecular weight excluding hydrogens is 242 g/mol. The zero-order valence-corrected chi connectivity index (χ0v) is 11.9. The Morgan fingerprint density at radius 2 is 1.84 bits per heavy atom. The third kappa shape index (κ3) is 2.96. The van der Waals surface area contributed by atoms with E-state index < -0.39 is 0 Å². The van der Waals surface area contributed by atoms with E-state index in [9.17, 15) is 4.79 Å². The minimum atomic E-state index is -0.286. The van der Waals surface area contributed by atoms with Crippen LogP contribution in [0.25, 0.3) is 0 Å². The van der Waals surface area contributed by atoms with Crippen LogP contribution in [0.2, 0.25) is 0 Å². The van der Waals surface area contributed by atoms with Gasteiger partial charge in [-0.2, -0.15) is 0 Å². The van der Waals surface area contributed by atoms with Crippen molar-refractivity contribution >= 4 is 5.97 Å². The monoisotopic (exact) mass is 264 g/mol.